The first-order valence-corrected chi connectivity index (χ1v) is 8.84. The molecule has 28 heavy (non-hydrogen) atoms. The number of halogens is 2. The van der Waals surface area contributed by atoms with Crippen molar-refractivity contribution in [3.63, 3.8) is 0 Å². The van der Waals surface area contributed by atoms with Crippen molar-refractivity contribution in [2.24, 2.45) is 0 Å². The van der Waals surface area contributed by atoms with Gasteiger partial charge in [0.1, 0.15) is 11.6 Å². The second-order valence-electron chi connectivity index (χ2n) is 6.45. The molecular formula is C18H19F2N7O. The predicted octanol–water partition coefficient (Wildman–Crippen LogP) is 2.53. The van der Waals surface area contributed by atoms with Gasteiger partial charge < -0.3 is 15.0 Å². The standard InChI is InChI=1S/C18H19F2N7O/c1-11-9-12(2)27(25-11)18-23-16(21-15-4-3-13(19)10-14(15)20)22-17(24-18)26-5-7-28-8-6-26/h3-4,9-10H,5-8H2,1-2H3,(H,21,22,23,24). The summed E-state index contributed by atoms with van der Waals surface area (Å²) >= 11 is 0. The summed E-state index contributed by atoms with van der Waals surface area (Å²) in [5.41, 5.74) is 1.75. The van der Waals surface area contributed by atoms with E-state index in [1.54, 1.807) is 4.68 Å². The molecule has 2 aromatic heterocycles. The van der Waals surface area contributed by atoms with E-state index in [0.29, 0.717) is 38.2 Å². The minimum atomic E-state index is -0.735. The van der Waals surface area contributed by atoms with E-state index in [-0.39, 0.29) is 11.6 Å². The van der Waals surface area contributed by atoms with Crippen LogP contribution in [-0.4, -0.2) is 51.0 Å². The monoisotopic (exact) mass is 387 g/mol. The number of benzene rings is 1. The number of rotatable bonds is 4. The van der Waals surface area contributed by atoms with E-state index in [1.165, 1.54) is 6.07 Å². The molecule has 0 unspecified atom stereocenters. The summed E-state index contributed by atoms with van der Waals surface area (Å²) in [7, 11) is 0. The first-order chi connectivity index (χ1) is 13.5. The molecule has 1 N–H and O–H groups in total. The van der Waals surface area contributed by atoms with Crippen LogP contribution in [0.15, 0.2) is 24.3 Å². The van der Waals surface area contributed by atoms with Gasteiger partial charge in [-0.2, -0.15) is 20.1 Å². The van der Waals surface area contributed by atoms with Crippen molar-refractivity contribution in [2.75, 3.05) is 36.5 Å². The Morgan fingerprint density at radius 2 is 1.75 bits per heavy atom. The average Bonchev–Trinajstić information content (AvgIpc) is 3.03. The Balaban J connectivity index is 1.75. The van der Waals surface area contributed by atoms with E-state index in [4.69, 9.17) is 4.74 Å². The Labute approximate surface area is 160 Å². The highest BCUT2D eigenvalue weighted by Crippen LogP contribution is 2.21. The Morgan fingerprint density at radius 3 is 2.43 bits per heavy atom. The molecule has 0 aliphatic carbocycles. The van der Waals surface area contributed by atoms with E-state index in [1.807, 2.05) is 24.8 Å². The minimum absolute atomic E-state index is 0.0693. The fourth-order valence-corrected chi connectivity index (χ4v) is 2.95. The summed E-state index contributed by atoms with van der Waals surface area (Å²) < 4.78 is 34.2. The summed E-state index contributed by atoms with van der Waals surface area (Å²) in [6, 6.07) is 5.17. The maximum absolute atomic E-state index is 14.1. The summed E-state index contributed by atoms with van der Waals surface area (Å²) in [6.45, 7) is 6.16. The van der Waals surface area contributed by atoms with Crippen LogP contribution in [0.2, 0.25) is 0 Å². The van der Waals surface area contributed by atoms with Gasteiger partial charge in [-0.3, -0.25) is 0 Å². The van der Waals surface area contributed by atoms with Crippen LogP contribution in [0.3, 0.4) is 0 Å². The Morgan fingerprint density at radius 1 is 1.00 bits per heavy atom. The third kappa shape index (κ3) is 3.77. The molecule has 1 fully saturated rings. The van der Waals surface area contributed by atoms with Gasteiger partial charge in [-0.15, -0.1) is 0 Å². The Bertz CT molecular complexity index is 1000. The molecule has 0 amide bonds. The zero-order valence-electron chi connectivity index (χ0n) is 15.5. The second kappa shape index (κ2) is 7.47. The van der Waals surface area contributed by atoms with E-state index in [2.05, 4.69) is 25.4 Å². The van der Waals surface area contributed by atoms with Crippen molar-refractivity contribution in [1.82, 2.24) is 24.7 Å². The van der Waals surface area contributed by atoms with Gasteiger partial charge in [0.25, 0.3) is 5.95 Å². The van der Waals surface area contributed by atoms with Crippen LogP contribution in [-0.2, 0) is 4.74 Å². The lowest BCUT2D eigenvalue weighted by molar-refractivity contribution is 0.122. The molecule has 3 aromatic rings. The number of ether oxygens (including phenoxy) is 1. The average molecular weight is 387 g/mol. The van der Waals surface area contributed by atoms with Crippen LogP contribution < -0.4 is 10.2 Å². The summed E-state index contributed by atoms with van der Waals surface area (Å²) in [5.74, 6) is -0.500. The fourth-order valence-electron chi connectivity index (χ4n) is 2.95. The molecule has 0 atom stereocenters. The summed E-state index contributed by atoms with van der Waals surface area (Å²) in [6.07, 6.45) is 0. The second-order valence-corrected chi connectivity index (χ2v) is 6.45. The van der Waals surface area contributed by atoms with Crippen molar-refractivity contribution < 1.29 is 13.5 Å². The van der Waals surface area contributed by atoms with E-state index < -0.39 is 11.6 Å². The molecular weight excluding hydrogens is 368 g/mol. The van der Waals surface area contributed by atoms with Gasteiger partial charge in [-0.1, -0.05) is 0 Å². The van der Waals surface area contributed by atoms with Gasteiger partial charge in [0.2, 0.25) is 11.9 Å². The van der Waals surface area contributed by atoms with E-state index in [0.717, 1.165) is 23.5 Å². The molecule has 10 heteroatoms. The minimum Gasteiger partial charge on any atom is -0.378 e. The van der Waals surface area contributed by atoms with Crippen molar-refractivity contribution in [1.29, 1.82) is 0 Å². The molecule has 0 saturated carbocycles. The number of hydrogen-bond donors (Lipinski definition) is 1. The lowest BCUT2D eigenvalue weighted by Gasteiger charge is -2.27. The SMILES string of the molecule is Cc1cc(C)n(-c2nc(Nc3ccc(F)cc3F)nc(N3CCOCC3)n2)n1. The van der Waals surface area contributed by atoms with Crippen LogP contribution >= 0.6 is 0 Å². The first kappa shape index (κ1) is 18.2. The van der Waals surface area contributed by atoms with Gasteiger partial charge in [0.15, 0.2) is 0 Å². The molecule has 1 aliphatic rings. The molecule has 8 nitrogen and oxygen atoms in total. The third-order valence-electron chi connectivity index (χ3n) is 4.28. The van der Waals surface area contributed by atoms with Gasteiger partial charge in [-0.25, -0.2) is 13.5 Å². The van der Waals surface area contributed by atoms with Crippen molar-refractivity contribution in [3.05, 3.63) is 47.3 Å². The number of aryl methyl sites for hydroxylation is 2. The van der Waals surface area contributed by atoms with E-state index >= 15 is 0 Å². The molecule has 0 bridgehead atoms. The molecule has 3 heterocycles. The van der Waals surface area contributed by atoms with Crippen LogP contribution in [0, 0.1) is 25.5 Å². The first-order valence-electron chi connectivity index (χ1n) is 8.84. The highest BCUT2D eigenvalue weighted by molar-refractivity contribution is 5.55. The molecule has 1 saturated heterocycles. The summed E-state index contributed by atoms with van der Waals surface area (Å²) in [5, 5.41) is 7.23. The molecule has 0 radical (unpaired) electrons. The number of morpholine rings is 1. The molecule has 4 rings (SSSR count). The van der Waals surface area contributed by atoms with Crippen molar-refractivity contribution in [2.45, 2.75) is 13.8 Å². The lowest BCUT2D eigenvalue weighted by Crippen LogP contribution is -2.37. The van der Waals surface area contributed by atoms with Gasteiger partial charge in [-0.05, 0) is 32.0 Å². The lowest BCUT2D eigenvalue weighted by atomic mass is 10.3. The van der Waals surface area contributed by atoms with Gasteiger partial charge in [0, 0.05) is 24.8 Å². The number of nitrogens with zero attached hydrogens (tertiary/aromatic N) is 6. The number of aromatic nitrogens is 5. The number of nitrogens with one attached hydrogen (secondary N) is 1. The molecule has 1 aliphatic heterocycles. The smallest absolute Gasteiger partial charge is 0.257 e. The fraction of sp³-hybridized carbons (Fsp3) is 0.333. The number of anilines is 3. The number of hydrogen-bond acceptors (Lipinski definition) is 7. The maximum Gasteiger partial charge on any atom is 0.257 e. The Kier molecular flexibility index (Phi) is 4.86. The molecule has 1 aromatic carbocycles. The third-order valence-corrected chi connectivity index (χ3v) is 4.28. The van der Waals surface area contributed by atoms with Crippen molar-refractivity contribution >= 4 is 17.6 Å². The quantitative estimate of drug-likeness (QED) is 0.737. The molecule has 146 valence electrons. The van der Waals surface area contributed by atoms with Gasteiger partial charge in [0.05, 0.1) is 24.6 Å². The van der Waals surface area contributed by atoms with E-state index in [9.17, 15) is 8.78 Å². The normalized spacial score (nSPS) is 14.4. The molecule has 0 spiro atoms. The van der Waals surface area contributed by atoms with Crippen LogP contribution in [0.1, 0.15) is 11.4 Å². The van der Waals surface area contributed by atoms with Crippen LogP contribution in [0.4, 0.5) is 26.4 Å². The zero-order valence-corrected chi connectivity index (χ0v) is 15.5. The van der Waals surface area contributed by atoms with Crippen molar-refractivity contribution in [3.8, 4) is 5.95 Å². The Hall–Kier alpha value is -3.14. The zero-order chi connectivity index (χ0) is 19.7. The van der Waals surface area contributed by atoms with Crippen LogP contribution in [0.25, 0.3) is 5.95 Å². The van der Waals surface area contributed by atoms with Gasteiger partial charge >= 0.3 is 0 Å². The predicted molar refractivity (Wildman–Crippen MR) is 99.1 cm³/mol. The highest BCUT2D eigenvalue weighted by Gasteiger charge is 2.19. The van der Waals surface area contributed by atoms with Crippen LogP contribution in [0.5, 0.6) is 0 Å². The summed E-state index contributed by atoms with van der Waals surface area (Å²) in [4.78, 5) is 15.3. The largest absolute Gasteiger partial charge is 0.378 e. The maximum atomic E-state index is 14.1. The topological polar surface area (TPSA) is 81.0 Å². The highest BCUT2D eigenvalue weighted by atomic mass is 19.1.